The van der Waals surface area contributed by atoms with Crippen LogP contribution in [0.4, 0.5) is 0 Å². The molecule has 5 heteroatoms. The molecule has 0 aliphatic rings. The summed E-state index contributed by atoms with van der Waals surface area (Å²) in [5.41, 5.74) is 8.49. The lowest BCUT2D eigenvalue weighted by Crippen LogP contribution is -1.97. The lowest BCUT2D eigenvalue weighted by atomic mass is 10.2. The van der Waals surface area contributed by atoms with Crippen LogP contribution < -0.4 is 15.2 Å². The smallest absolute Gasteiger partial charge is 0.124 e. The van der Waals surface area contributed by atoms with Crippen LogP contribution in [0.2, 0.25) is 0 Å². The predicted molar refractivity (Wildman–Crippen MR) is 69.3 cm³/mol. The maximum atomic E-state index is 5.65. The number of methoxy groups -OCH3 is 2. The number of rotatable bonds is 4. The van der Waals surface area contributed by atoms with E-state index in [1.165, 1.54) is 0 Å². The zero-order chi connectivity index (χ0) is 13.1. The van der Waals surface area contributed by atoms with Crippen LogP contribution in [-0.4, -0.2) is 24.0 Å². The topological polar surface area (TPSA) is 62.3 Å². The summed E-state index contributed by atoms with van der Waals surface area (Å²) >= 11 is 0. The average molecular weight is 247 g/mol. The third kappa shape index (κ3) is 2.31. The molecule has 2 rings (SSSR count). The van der Waals surface area contributed by atoms with E-state index >= 15 is 0 Å². The Morgan fingerprint density at radius 1 is 1.17 bits per heavy atom. The van der Waals surface area contributed by atoms with Gasteiger partial charge in [-0.3, -0.25) is 0 Å². The van der Waals surface area contributed by atoms with Gasteiger partial charge in [-0.1, -0.05) is 0 Å². The van der Waals surface area contributed by atoms with E-state index in [0.29, 0.717) is 6.54 Å². The molecule has 1 aromatic carbocycles. The van der Waals surface area contributed by atoms with Crippen molar-refractivity contribution in [1.29, 1.82) is 0 Å². The minimum absolute atomic E-state index is 0.479. The van der Waals surface area contributed by atoms with E-state index in [2.05, 4.69) is 5.10 Å². The van der Waals surface area contributed by atoms with Crippen LogP contribution >= 0.6 is 0 Å². The molecule has 0 radical (unpaired) electrons. The summed E-state index contributed by atoms with van der Waals surface area (Å²) in [4.78, 5) is 0. The van der Waals surface area contributed by atoms with Crippen molar-refractivity contribution >= 4 is 0 Å². The predicted octanol–water partition coefficient (Wildman–Crippen LogP) is 1.66. The highest BCUT2D eigenvalue weighted by molar-refractivity contribution is 5.46. The molecule has 0 aliphatic heterocycles. The number of nitrogens with two attached hydrogens (primary N) is 1. The maximum Gasteiger partial charge on any atom is 0.124 e. The first-order valence-corrected chi connectivity index (χ1v) is 5.66. The van der Waals surface area contributed by atoms with Gasteiger partial charge < -0.3 is 15.2 Å². The highest BCUT2D eigenvalue weighted by Crippen LogP contribution is 2.25. The van der Waals surface area contributed by atoms with E-state index in [9.17, 15) is 0 Å². The van der Waals surface area contributed by atoms with Crippen LogP contribution in [0.25, 0.3) is 5.69 Å². The van der Waals surface area contributed by atoms with Gasteiger partial charge in [-0.2, -0.15) is 5.10 Å². The number of benzene rings is 1. The lowest BCUT2D eigenvalue weighted by molar-refractivity contribution is 0.394. The van der Waals surface area contributed by atoms with E-state index < -0.39 is 0 Å². The van der Waals surface area contributed by atoms with Crippen molar-refractivity contribution in [2.45, 2.75) is 13.5 Å². The third-order valence-corrected chi connectivity index (χ3v) is 2.82. The Hall–Kier alpha value is -2.01. The molecular weight excluding hydrogens is 230 g/mol. The minimum Gasteiger partial charge on any atom is -0.497 e. The molecule has 0 saturated carbocycles. The Bertz CT molecular complexity index is 527. The Kier molecular flexibility index (Phi) is 3.53. The van der Waals surface area contributed by atoms with Crippen LogP contribution in [0.3, 0.4) is 0 Å². The summed E-state index contributed by atoms with van der Waals surface area (Å²) in [6.45, 7) is 2.42. The second kappa shape index (κ2) is 5.10. The van der Waals surface area contributed by atoms with E-state index in [-0.39, 0.29) is 0 Å². The van der Waals surface area contributed by atoms with E-state index in [0.717, 1.165) is 28.4 Å². The van der Waals surface area contributed by atoms with Gasteiger partial charge in [0.15, 0.2) is 0 Å². The van der Waals surface area contributed by atoms with E-state index in [4.69, 9.17) is 15.2 Å². The SMILES string of the molecule is COc1cc(OC)cc(-n2cc(CN)c(C)n2)c1. The molecule has 0 spiro atoms. The summed E-state index contributed by atoms with van der Waals surface area (Å²) in [7, 11) is 3.25. The van der Waals surface area contributed by atoms with Gasteiger partial charge in [-0.05, 0) is 6.92 Å². The Morgan fingerprint density at radius 3 is 2.22 bits per heavy atom. The van der Waals surface area contributed by atoms with Crippen molar-refractivity contribution in [2.75, 3.05) is 14.2 Å². The average Bonchev–Trinajstić information content (AvgIpc) is 2.79. The van der Waals surface area contributed by atoms with Crippen LogP contribution in [0.5, 0.6) is 11.5 Å². The fourth-order valence-corrected chi connectivity index (χ4v) is 1.75. The fourth-order valence-electron chi connectivity index (χ4n) is 1.75. The number of hydrogen-bond donors (Lipinski definition) is 1. The van der Waals surface area contributed by atoms with E-state index in [1.54, 1.807) is 18.9 Å². The number of ether oxygens (including phenoxy) is 2. The van der Waals surface area contributed by atoms with Crippen LogP contribution in [0.1, 0.15) is 11.3 Å². The molecule has 96 valence electrons. The molecule has 2 N–H and O–H groups in total. The van der Waals surface area contributed by atoms with E-state index in [1.807, 2.05) is 31.3 Å². The molecule has 0 bridgehead atoms. The molecule has 0 amide bonds. The van der Waals surface area contributed by atoms with Crippen LogP contribution in [0.15, 0.2) is 24.4 Å². The molecule has 0 unspecified atom stereocenters. The molecular formula is C13H17N3O2. The summed E-state index contributed by atoms with van der Waals surface area (Å²) in [5.74, 6) is 1.46. The first kappa shape index (κ1) is 12.4. The molecule has 0 fully saturated rings. The van der Waals surface area contributed by atoms with Gasteiger partial charge in [-0.25, -0.2) is 4.68 Å². The van der Waals surface area contributed by atoms with Crippen molar-refractivity contribution < 1.29 is 9.47 Å². The summed E-state index contributed by atoms with van der Waals surface area (Å²) in [6, 6.07) is 5.62. The summed E-state index contributed by atoms with van der Waals surface area (Å²) in [6.07, 6.45) is 1.92. The molecule has 0 aliphatic carbocycles. The second-order valence-corrected chi connectivity index (χ2v) is 3.96. The molecule has 1 aromatic heterocycles. The van der Waals surface area contributed by atoms with Gasteiger partial charge in [0.2, 0.25) is 0 Å². The Morgan fingerprint density at radius 2 is 1.78 bits per heavy atom. The molecule has 0 saturated heterocycles. The summed E-state index contributed by atoms with van der Waals surface area (Å²) < 4.78 is 12.3. The first-order valence-electron chi connectivity index (χ1n) is 5.66. The highest BCUT2D eigenvalue weighted by Gasteiger charge is 2.07. The first-order chi connectivity index (χ1) is 8.67. The maximum absolute atomic E-state index is 5.65. The highest BCUT2D eigenvalue weighted by atomic mass is 16.5. The Labute approximate surface area is 106 Å². The van der Waals surface area contributed by atoms with Crippen molar-refractivity contribution in [2.24, 2.45) is 5.73 Å². The van der Waals surface area contributed by atoms with Crippen molar-refractivity contribution in [1.82, 2.24) is 9.78 Å². The monoisotopic (exact) mass is 247 g/mol. The minimum atomic E-state index is 0.479. The fraction of sp³-hybridized carbons (Fsp3) is 0.308. The van der Waals surface area contributed by atoms with Gasteiger partial charge in [0.1, 0.15) is 11.5 Å². The van der Waals surface area contributed by atoms with Gasteiger partial charge in [0, 0.05) is 36.5 Å². The number of aryl methyl sites for hydroxylation is 1. The zero-order valence-electron chi connectivity index (χ0n) is 10.8. The van der Waals surface area contributed by atoms with Crippen molar-refractivity contribution in [3.8, 4) is 17.2 Å². The lowest BCUT2D eigenvalue weighted by Gasteiger charge is -2.08. The summed E-state index contributed by atoms with van der Waals surface area (Å²) in [5, 5.41) is 4.43. The molecule has 1 heterocycles. The van der Waals surface area contributed by atoms with Crippen LogP contribution in [-0.2, 0) is 6.54 Å². The standard InChI is InChI=1S/C13H17N3O2/c1-9-10(7-14)8-16(15-9)11-4-12(17-2)6-13(5-11)18-3/h4-6,8H,7,14H2,1-3H3. The normalized spacial score (nSPS) is 10.4. The number of nitrogens with zero attached hydrogens (tertiary/aromatic N) is 2. The van der Waals surface area contributed by atoms with Gasteiger partial charge in [0.25, 0.3) is 0 Å². The van der Waals surface area contributed by atoms with Gasteiger partial charge in [-0.15, -0.1) is 0 Å². The number of aromatic nitrogens is 2. The van der Waals surface area contributed by atoms with Gasteiger partial charge >= 0.3 is 0 Å². The molecule has 5 nitrogen and oxygen atoms in total. The number of hydrogen-bond acceptors (Lipinski definition) is 4. The van der Waals surface area contributed by atoms with Crippen molar-refractivity contribution in [3.63, 3.8) is 0 Å². The Balaban J connectivity index is 2.48. The van der Waals surface area contributed by atoms with Crippen LogP contribution in [0, 0.1) is 6.92 Å². The molecule has 2 aromatic rings. The van der Waals surface area contributed by atoms with Crippen molar-refractivity contribution in [3.05, 3.63) is 35.7 Å². The quantitative estimate of drug-likeness (QED) is 0.892. The zero-order valence-corrected chi connectivity index (χ0v) is 10.8. The third-order valence-electron chi connectivity index (χ3n) is 2.82. The largest absolute Gasteiger partial charge is 0.497 e. The van der Waals surface area contributed by atoms with Gasteiger partial charge in [0.05, 0.1) is 25.6 Å². The molecule has 18 heavy (non-hydrogen) atoms. The molecule has 0 atom stereocenters. The second-order valence-electron chi connectivity index (χ2n) is 3.96.